The lowest BCUT2D eigenvalue weighted by Crippen LogP contribution is -2.22. The van der Waals surface area contributed by atoms with Crippen LogP contribution in [0.25, 0.3) is 0 Å². The van der Waals surface area contributed by atoms with Crippen molar-refractivity contribution in [2.24, 2.45) is 11.8 Å². The fourth-order valence-electron chi connectivity index (χ4n) is 1.01. The molecule has 4 nitrogen and oxygen atoms in total. The summed E-state index contributed by atoms with van der Waals surface area (Å²) >= 11 is 0. The van der Waals surface area contributed by atoms with Crippen molar-refractivity contribution >= 4 is 5.97 Å². The van der Waals surface area contributed by atoms with Crippen LogP contribution in [0.5, 0.6) is 0 Å². The van der Waals surface area contributed by atoms with E-state index in [0.717, 1.165) is 0 Å². The maximum atomic E-state index is 10.7. The van der Waals surface area contributed by atoms with Crippen molar-refractivity contribution in [2.45, 2.75) is 0 Å². The van der Waals surface area contributed by atoms with Gasteiger partial charge in [0.15, 0.2) is 0 Å². The number of aliphatic hydroxyl groups is 2. The number of carbonyl (C=O) groups is 1. The zero-order valence-corrected chi connectivity index (χ0v) is 5.49. The molecule has 0 spiro atoms. The third-order valence-electron chi connectivity index (χ3n) is 1.74. The molecule has 1 rings (SSSR count). The van der Waals surface area contributed by atoms with E-state index in [0.29, 0.717) is 0 Å². The summed E-state index contributed by atoms with van der Waals surface area (Å²) in [6.07, 6.45) is 0. The van der Waals surface area contributed by atoms with Crippen molar-refractivity contribution in [1.29, 1.82) is 0 Å². The highest BCUT2D eigenvalue weighted by molar-refractivity contribution is 5.74. The molecular weight excluding hydrogens is 136 g/mol. The number of esters is 1. The molecule has 58 valence electrons. The summed E-state index contributed by atoms with van der Waals surface area (Å²) in [5, 5.41) is 17.3. The predicted octanol–water partition coefficient (Wildman–Crippen LogP) is -1.24. The fourth-order valence-corrected chi connectivity index (χ4v) is 1.01. The second kappa shape index (κ2) is 2.98. The van der Waals surface area contributed by atoms with E-state index in [1.54, 1.807) is 0 Å². The number of ether oxygens (including phenoxy) is 1. The fraction of sp³-hybridized carbons (Fsp3) is 0.833. The zero-order chi connectivity index (χ0) is 7.56. The Morgan fingerprint density at radius 2 is 2.20 bits per heavy atom. The Bertz CT molecular complexity index is 134. The van der Waals surface area contributed by atoms with Crippen LogP contribution in [0, 0.1) is 11.8 Å². The minimum atomic E-state index is -0.509. The molecule has 0 aromatic carbocycles. The number of aliphatic hydroxyl groups excluding tert-OH is 2. The number of carbonyl (C=O) groups excluding carboxylic acids is 1. The van der Waals surface area contributed by atoms with Crippen molar-refractivity contribution in [3.05, 3.63) is 0 Å². The largest absolute Gasteiger partial charge is 0.465 e. The molecule has 0 aromatic rings. The molecule has 1 fully saturated rings. The van der Waals surface area contributed by atoms with E-state index >= 15 is 0 Å². The maximum Gasteiger partial charge on any atom is 0.311 e. The molecule has 0 amide bonds. The van der Waals surface area contributed by atoms with Crippen molar-refractivity contribution in [1.82, 2.24) is 0 Å². The molecule has 1 aliphatic heterocycles. The summed E-state index contributed by atoms with van der Waals surface area (Å²) in [5.41, 5.74) is 0. The van der Waals surface area contributed by atoms with Crippen molar-refractivity contribution in [2.75, 3.05) is 19.8 Å². The highest BCUT2D eigenvalue weighted by Gasteiger charge is 2.35. The Morgan fingerprint density at radius 3 is 2.60 bits per heavy atom. The first-order valence-electron chi connectivity index (χ1n) is 3.18. The molecule has 2 N–H and O–H groups in total. The zero-order valence-electron chi connectivity index (χ0n) is 5.49. The summed E-state index contributed by atoms with van der Waals surface area (Å²) in [6.45, 7) is -0.0956. The van der Waals surface area contributed by atoms with Crippen molar-refractivity contribution in [3.8, 4) is 0 Å². The lowest BCUT2D eigenvalue weighted by molar-refractivity contribution is -0.142. The maximum absolute atomic E-state index is 10.7. The lowest BCUT2D eigenvalue weighted by atomic mass is 9.98. The predicted molar refractivity (Wildman–Crippen MR) is 32.1 cm³/mol. The molecule has 10 heavy (non-hydrogen) atoms. The monoisotopic (exact) mass is 146 g/mol. The van der Waals surface area contributed by atoms with Gasteiger partial charge in [0.05, 0.1) is 25.7 Å². The van der Waals surface area contributed by atoms with E-state index in [-0.39, 0.29) is 25.7 Å². The van der Waals surface area contributed by atoms with Crippen LogP contribution < -0.4 is 0 Å². The highest BCUT2D eigenvalue weighted by Crippen LogP contribution is 2.20. The Morgan fingerprint density at radius 1 is 1.50 bits per heavy atom. The lowest BCUT2D eigenvalue weighted by Gasteiger charge is -2.07. The van der Waals surface area contributed by atoms with E-state index in [1.807, 2.05) is 0 Å². The van der Waals surface area contributed by atoms with Crippen molar-refractivity contribution in [3.63, 3.8) is 0 Å². The van der Waals surface area contributed by atoms with Gasteiger partial charge < -0.3 is 14.9 Å². The second-order valence-electron chi connectivity index (χ2n) is 2.36. The topological polar surface area (TPSA) is 66.8 Å². The summed E-state index contributed by atoms with van der Waals surface area (Å²) in [6, 6.07) is 0. The van der Waals surface area contributed by atoms with Gasteiger partial charge in [-0.15, -0.1) is 0 Å². The average molecular weight is 146 g/mol. The van der Waals surface area contributed by atoms with Gasteiger partial charge in [0.25, 0.3) is 0 Å². The molecule has 0 radical (unpaired) electrons. The van der Waals surface area contributed by atoms with Gasteiger partial charge in [0.1, 0.15) is 0 Å². The van der Waals surface area contributed by atoms with Crippen LogP contribution in [0.15, 0.2) is 0 Å². The van der Waals surface area contributed by atoms with Gasteiger partial charge in [-0.1, -0.05) is 0 Å². The van der Waals surface area contributed by atoms with Gasteiger partial charge in [0, 0.05) is 5.92 Å². The van der Waals surface area contributed by atoms with E-state index < -0.39 is 11.9 Å². The van der Waals surface area contributed by atoms with Crippen LogP contribution in [0.4, 0.5) is 0 Å². The van der Waals surface area contributed by atoms with Gasteiger partial charge in [-0.3, -0.25) is 4.79 Å². The Labute approximate surface area is 58.4 Å². The summed E-state index contributed by atoms with van der Waals surface area (Å²) in [4.78, 5) is 10.7. The first-order chi connectivity index (χ1) is 4.79. The summed E-state index contributed by atoms with van der Waals surface area (Å²) < 4.78 is 4.60. The molecular formula is C6H10O4. The van der Waals surface area contributed by atoms with Gasteiger partial charge in [0.2, 0.25) is 0 Å². The van der Waals surface area contributed by atoms with E-state index in [9.17, 15) is 4.79 Å². The molecule has 1 heterocycles. The molecule has 1 saturated heterocycles. The first-order valence-corrected chi connectivity index (χ1v) is 3.18. The van der Waals surface area contributed by atoms with Gasteiger partial charge in [-0.25, -0.2) is 0 Å². The minimum absolute atomic E-state index is 0.100. The third kappa shape index (κ3) is 1.12. The highest BCUT2D eigenvalue weighted by atomic mass is 16.5. The van der Waals surface area contributed by atoms with Crippen LogP contribution in [-0.4, -0.2) is 36.0 Å². The first kappa shape index (κ1) is 7.50. The molecule has 2 atom stereocenters. The summed E-state index contributed by atoms with van der Waals surface area (Å²) in [7, 11) is 0. The molecule has 0 aliphatic carbocycles. The molecule has 0 aromatic heterocycles. The Hall–Kier alpha value is -0.610. The summed E-state index contributed by atoms with van der Waals surface area (Å²) in [5.74, 6) is -1.12. The van der Waals surface area contributed by atoms with Crippen molar-refractivity contribution < 1.29 is 19.7 Å². The van der Waals surface area contributed by atoms with Crippen LogP contribution in [-0.2, 0) is 9.53 Å². The quantitative estimate of drug-likeness (QED) is 0.478. The number of cyclic esters (lactones) is 1. The molecule has 1 aliphatic rings. The van der Waals surface area contributed by atoms with Gasteiger partial charge in [-0.2, -0.15) is 0 Å². The van der Waals surface area contributed by atoms with Crippen LogP contribution in [0.3, 0.4) is 0 Å². The molecule has 4 heteroatoms. The van der Waals surface area contributed by atoms with Crippen LogP contribution in [0.2, 0.25) is 0 Å². The molecule has 0 saturated carbocycles. The number of hydrogen-bond donors (Lipinski definition) is 2. The van der Waals surface area contributed by atoms with Crippen LogP contribution in [0.1, 0.15) is 0 Å². The SMILES string of the molecule is O=C1OCC(CO)C1CO. The number of rotatable bonds is 2. The molecule has 0 bridgehead atoms. The average Bonchev–Trinajstić information content (AvgIpc) is 2.30. The Kier molecular flexibility index (Phi) is 2.24. The van der Waals surface area contributed by atoms with Crippen LogP contribution >= 0.6 is 0 Å². The third-order valence-corrected chi connectivity index (χ3v) is 1.74. The standard InChI is InChI=1S/C6H10O4/c7-1-4-3-10-6(9)5(4)2-8/h4-5,7-8H,1-3H2. The van der Waals surface area contributed by atoms with Gasteiger partial charge >= 0.3 is 5.97 Å². The second-order valence-corrected chi connectivity index (χ2v) is 2.36. The minimum Gasteiger partial charge on any atom is -0.465 e. The van der Waals surface area contributed by atoms with E-state index in [2.05, 4.69) is 4.74 Å². The normalized spacial score (nSPS) is 32.4. The van der Waals surface area contributed by atoms with Gasteiger partial charge in [-0.05, 0) is 0 Å². The van der Waals surface area contributed by atoms with E-state index in [4.69, 9.17) is 10.2 Å². The molecule has 2 unspecified atom stereocenters. The van der Waals surface area contributed by atoms with E-state index in [1.165, 1.54) is 0 Å². The smallest absolute Gasteiger partial charge is 0.311 e. The Balaban J connectivity index is 2.54. The number of hydrogen-bond acceptors (Lipinski definition) is 4.